The van der Waals surface area contributed by atoms with Crippen molar-refractivity contribution in [1.29, 1.82) is 0 Å². The SMILES string of the molecule is C.C1=Cc2ccccc2C1.Clc1ccnc(Cl)n1.[2H]C([2H])([2H])I.[2H]C([2H])([2H])n1cc(-c2ccnc(Cl)n2)c2ccccc21.[2H]C([2H])([2H])n1ccc2ccccc21.[Cl][Fe]([Cl])[Cl].[H-].[Na+]. The van der Waals surface area contributed by atoms with Gasteiger partial charge in [0.2, 0.25) is 10.6 Å². The summed E-state index contributed by atoms with van der Waals surface area (Å²) in [6.45, 7) is -4.32. The van der Waals surface area contributed by atoms with Gasteiger partial charge in [-0.2, -0.15) is 0 Å². The minimum atomic E-state index is -2.24. The Bertz CT molecular complexity index is 2410. The number of rotatable bonds is 1. The Balaban J connectivity index is 0.000000774. The van der Waals surface area contributed by atoms with Crippen molar-refractivity contribution in [2.45, 2.75) is 13.8 Å². The zero-order chi connectivity index (χ0) is 44.0. The second kappa shape index (κ2) is 26.4. The van der Waals surface area contributed by atoms with E-state index in [0.29, 0.717) is 16.4 Å². The van der Waals surface area contributed by atoms with E-state index in [-0.39, 0.29) is 49.0 Å². The van der Waals surface area contributed by atoms with Crippen molar-refractivity contribution < 1.29 is 54.5 Å². The third kappa shape index (κ3) is 16.2. The quantitative estimate of drug-likeness (QED) is 0.0541. The van der Waals surface area contributed by atoms with Crippen molar-refractivity contribution in [2.24, 2.45) is 14.0 Å². The smallest absolute Gasteiger partial charge is 1.00 e. The van der Waals surface area contributed by atoms with E-state index in [0.717, 1.165) is 28.3 Å². The largest absolute Gasteiger partial charge is 1.00 e. The third-order valence-electron chi connectivity index (χ3n) is 6.50. The molecule has 0 saturated heterocycles. The number of allylic oxidation sites excluding steroid dienone is 1. The minimum Gasteiger partial charge on any atom is -1.00 e. The molecule has 1 aliphatic rings. The first-order chi connectivity index (χ1) is 27.5. The zero-order valence-corrected chi connectivity index (χ0v) is 36.3. The summed E-state index contributed by atoms with van der Waals surface area (Å²) in [5.74, 6) is 0. The average Bonchev–Trinajstić information content (AvgIpc) is 3.89. The van der Waals surface area contributed by atoms with Crippen LogP contribution in [0.5, 0.6) is 0 Å². The molecule has 6 nitrogen and oxygen atoms in total. The maximum absolute atomic E-state index is 7.61. The van der Waals surface area contributed by atoms with Gasteiger partial charge < -0.3 is 10.6 Å². The van der Waals surface area contributed by atoms with Gasteiger partial charge in [-0.05, 0) is 81.3 Å². The van der Waals surface area contributed by atoms with Crippen molar-refractivity contribution in [3.8, 4) is 11.3 Å². The number of nitrogens with zero attached hydrogens (tertiary/aromatic N) is 6. The Morgan fingerprint density at radius 1 is 0.769 bits per heavy atom. The maximum atomic E-state index is 7.61. The molecule has 52 heavy (non-hydrogen) atoms. The van der Waals surface area contributed by atoms with Gasteiger partial charge in [0.15, 0.2) is 0 Å². The Morgan fingerprint density at radius 2 is 1.37 bits per heavy atom. The van der Waals surface area contributed by atoms with E-state index >= 15 is 0 Å². The van der Waals surface area contributed by atoms with E-state index in [4.69, 9.17) is 77.4 Å². The van der Waals surface area contributed by atoms with E-state index in [2.05, 4.69) is 56.4 Å². The summed E-state index contributed by atoms with van der Waals surface area (Å²) < 4.78 is 66.0. The zero-order valence-electron chi connectivity index (χ0n) is 36.5. The van der Waals surface area contributed by atoms with Gasteiger partial charge in [0.25, 0.3) is 0 Å². The van der Waals surface area contributed by atoms with Crippen LogP contribution >= 0.6 is 87.7 Å². The molecule has 0 bridgehead atoms. The molecule has 0 unspecified atom stereocenters. The standard InChI is InChI=1S/C13H10ClN3.C9H9N.C9H8.C4H2Cl2N2.CH3I.CH4.3ClH.Fe.Na.H/c1-17-8-10(9-4-2-3-5-12(9)17)11-6-7-15-13(14)16-11;1-10-7-6-8-4-2-3-5-9(8)10;1-2-5-9-7-3-6-8(9)4-1;5-3-1-2-7-4(6)8-3;1-2;;;;;;;/h2-8H,1H3;2-7H,1H3;1-6H,7H2;1-2H;1H3;1H4;3*1H;;;/q;;;;;;;;;+3;+1;-1/p-3/i2*1D3;;;1D3;;;;;;;. The first-order valence-electron chi connectivity index (χ1n) is 18.4. The molecule has 0 amide bonds. The predicted octanol–water partition coefficient (Wildman–Crippen LogP) is 10.4. The molecule has 0 radical (unpaired) electrons. The number of benzene rings is 3. The predicted molar refractivity (Wildman–Crippen MR) is 228 cm³/mol. The molecule has 4 heterocycles. The van der Waals surface area contributed by atoms with Crippen molar-refractivity contribution in [3.63, 3.8) is 0 Å². The molecule has 4 aromatic heterocycles. The Kier molecular flexibility index (Phi) is 17.8. The van der Waals surface area contributed by atoms with Crippen LogP contribution in [0.3, 0.4) is 0 Å². The topological polar surface area (TPSA) is 61.4 Å². The van der Waals surface area contributed by atoms with Crippen LogP contribution in [0.25, 0.3) is 39.1 Å². The fourth-order valence-corrected chi connectivity index (χ4v) is 4.94. The Morgan fingerprint density at radius 3 is 1.98 bits per heavy atom. The molecule has 0 spiro atoms. The van der Waals surface area contributed by atoms with Gasteiger partial charge >= 0.3 is 71.0 Å². The van der Waals surface area contributed by atoms with E-state index in [1.165, 1.54) is 49.0 Å². The molecule has 273 valence electrons. The Hall–Kier alpha value is -1.37. The second-order valence-electron chi connectivity index (χ2n) is 9.49. The summed E-state index contributed by atoms with van der Waals surface area (Å²) in [4.78, 5) is 13.4. The fourth-order valence-electron chi connectivity index (χ4n) is 4.46. The van der Waals surface area contributed by atoms with Gasteiger partial charge in [0.05, 0.1) is 5.69 Å². The van der Waals surface area contributed by atoms with Crippen molar-refractivity contribution >= 4 is 116 Å². The number of para-hydroxylation sites is 2. The second-order valence-corrected chi connectivity index (χ2v) is 16.0. The molecule has 7 aromatic rings. The molecule has 3 aromatic carbocycles. The number of alkyl halides is 1. The van der Waals surface area contributed by atoms with E-state index in [1.54, 1.807) is 42.9 Å². The number of hydrogen-bond acceptors (Lipinski definition) is 4. The molecule has 0 atom stereocenters. The molecule has 1 aliphatic carbocycles. The number of aromatic nitrogens is 6. The molecular weight excluding hydrogens is 947 g/mol. The van der Waals surface area contributed by atoms with Crippen LogP contribution in [0.1, 0.15) is 32.3 Å². The van der Waals surface area contributed by atoms with Gasteiger partial charge in [-0.25, -0.2) is 19.9 Å². The van der Waals surface area contributed by atoms with Crippen LogP contribution < -0.4 is 29.6 Å². The molecular formula is C37H37Cl6FeIN6Na. The van der Waals surface area contributed by atoms with Crippen LogP contribution in [-0.2, 0) is 31.5 Å². The summed E-state index contributed by atoms with van der Waals surface area (Å²) in [6.07, 6.45) is 11.7. The third-order valence-corrected chi connectivity index (χ3v) is 7.07. The molecule has 8 rings (SSSR count). The van der Waals surface area contributed by atoms with Gasteiger partial charge in [-0.15, -0.1) is 0 Å². The molecule has 15 heteroatoms. The summed E-state index contributed by atoms with van der Waals surface area (Å²) >= 11 is 16.6. The number of halogens is 7. The average molecular weight is 993 g/mol. The normalized spacial score (nSPS) is 13.7. The van der Waals surface area contributed by atoms with Crippen molar-refractivity contribution in [3.05, 3.63) is 149 Å². The molecule has 0 N–H and O–H groups in total. The van der Waals surface area contributed by atoms with Crippen molar-refractivity contribution in [1.82, 2.24) is 29.1 Å². The van der Waals surface area contributed by atoms with Gasteiger partial charge in [-0.3, -0.25) is 0 Å². The van der Waals surface area contributed by atoms with Crippen LogP contribution in [-0.4, -0.2) is 33.9 Å². The van der Waals surface area contributed by atoms with Gasteiger partial charge in [0.1, 0.15) is 5.15 Å². The van der Waals surface area contributed by atoms with E-state index in [9.17, 15) is 0 Å². The van der Waals surface area contributed by atoms with E-state index in [1.807, 2.05) is 42.5 Å². The number of fused-ring (bicyclic) bond motifs is 3. The number of hydrogen-bond donors (Lipinski definition) is 0. The number of aryl methyl sites for hydroxylation is 2. The van der Waals surface area contributed by atoms with E-state index < -0.39 is 30.0 Å². The fraction of sp³-hybridized carbons (Fsp3) is 0.135. The van der Waals surface area contributed by atoms with Gasteiger partial charge in [-0.1, -0.05) is 114 Å². The summed E-state index contributed by atoms with van der Waals surface area (Å²) in [7, 11) is 14.7. The summed E-state index contributed by atoms with van der Waals surface area (Å²) in [5, 5.41) is 2.45. The minimum absolute atomic E-state index is 0. The van der Waals surface area contributed by atoms with Crippen molar-refractivity contribution in [2.75, 3.05) is 4.86 Å². The molecule has 0 fully saturated rings. The maximum Gasteiger partial charge on any atom is 1.00 e. The Labute approximate surface area is 388 Å². The van der Waals surface area contributed by atoms with Gasteiger partial charge in [0, 0.05) is 73.1 Å². The monoisotopic (exact) mass is 990 g/mol. The molecule has 0 saturated carbocycles. The van der Waals surface area contributed by atoms with Crippen LogP contribution in [0.2, 0.25) is 15.7 Å². The van der Waals surface area contributed by atoms with Crippen LogP contribution in [0.4, 0.5) is 0 Å². The van der Waals surface area contributed by atoms with Crippen LogP contribution in [0, 0.1) is 0 Å². The summed E-state index contributed by atoms with van der Waals surface area (Å²) in [6, 6.07) is 28.3. The first kappa shape index (κ1) is 35.1. The van der Waals surface area contributed by atoms with Crippen LogP contribution in [0.15, 0.2) is 122 Å². The molecule has 0 aliphatic heterocycles. The summed E-state index contributed by atoms with van der Waals surface area (Å²) in [5.41, 5.74) is 5.56. The first-order valence-corrected chi connectivity index (χ1v) is 20.7.